The zero-order valence-electron chi connectivity index (χ0n) is 20.6. The number of hydrogen-bond acceptors (Lipinski definition) is 6. The number of aromatic nitrogens is 2. The van der Waals surface area contributed by atoms with E-state index in [1.807, 2.05) is 67.3 Å². The minimum atomic E-state index is -0.0396. The molecule has 1 saturated heterocycles. The number of thiophene rings is 1. The molecule has 0 aliphatic carbocycles. The van der Waals surface area contributed by atoms with Gasteiger partial charge in [-0.25, -0.2) is 9.97 Å². The maximum absolute atomic E-state index is 13.1. The van der Waals surface area contributed by atoms with Crippen molar-refractivity contribution in [1.82, 2.24) is 19.8 Å². The zero-order valence-corrected chi connectivity index (χ0v) is 22.1. The van der Waals surface area contributed by atoms with Crippen LogP contribution in [-0.2, 0) is 0 Å². The molecule has 0 bridgehead atoms. The minimum absolute atomic E-state index is 0.0396. The van der Waals surface area contributed by atoms with Crippen LogP contribution in [0.5, 0.6) is 0 Å². The number of carbonyl (C=O) groups excluding carboxylic acids is 2. The first-order valence-electron chi connectivity index (χ1n) is 12.0. The van der Waals surface area contributed by atoms with Gasteiger partial charge in [0.25, 0.3) is 11.8 Å². The van der Waals surface area contributed by atoms with Crippen LogP contribution in [-0.4, -0.2) is 57.8 Å². The fourth-order valence-corrected chi connectivity index (χ4v) is 5.38. The van der Waals surface area contributed by atoms with Crippen LogP contribution in [0.3, 0.4) is 0 Å². The molecule has 2 aromatic carbocycles. The quantitative estimate of drug-likeness (QED) is 0.351. The number of halogens is 1. The molecule has 0 atom stereocenters. The lowest BCUT2D eigenvalue weighted by Crippen LogP contribution is -2.50. The minimum Gasteiger partial charge on any atom is -0.335 e. The Kier molecular flexibility index (Phi) is 7.21. The van der Waals surface area contributed by atoms with Crippen LogP contribution in [0.25, 0.3) is 11.3 Å². The topological polar surface area (TPSA) is 78.4 Å². The van der Waals surface area contributed by atoms with Crippen LogP contribution in [0.15, 0.2) is 66.9 Å². The Hall–Kier alpha value is -3.75. The van der Waals surface area contributed by atoms with E-state index in [0.29, 0.717) is 42.7 Å². The Bertz CT molecular complexity index is 1430. The van der Waals surface area contributed by atoms with Crippen LogP contribution in [0.2, 0.25) is 5.02 Å². The summed E-state index contributed by atoms with van der Waals surface area (Å²) in [6.45, 7) is 6.07. The van der Waals surface area contributed by atoms with Gasteiger partial charge in [-0.1, -0.05) is 23.7 Å². The van der Waals surface area contributed by atoms with E-state index in [2.05, 4.69) is 15.3 Å². The van der Waals surface area contributed by atoms with Gasteiger partial charge >= 0.3 is 0 Å². The first kappa shape index (κ1) is 24.9. The lowest BCUT2D eigenvalue weighted by atomic mass is 10.1. The molecule has 1 N–H and O–H groups in total. The molecule has 1 aliphatic rings. The Morgan fingerprint density at radius 1 is 0.892 bits per heavy atom. The second-order valence-corrected chi connectivity index (χ2v) is 10.8. The van der Waals surface area contributed by atoms with Crippen LogP contribution < -0.4 is 5.32 Å². The maximum atomic E-state index is 13.1. The first-order chi connectivity index (χ1) is 17.9. The van der Waals surface area contributed by atoms with Gasteiger partial charge in [-0.05, 0) is 62.4 Å². The highest BCUT2D eigenvalue weighted by Crippen LogP contribution is 2.24. The molecule has 188 valence electrons. The lowest BCUT2D eigenvalue weighted by molar-refractivity contribution is 0.0535. The van der Waals surface area contributed by atoms with Gasteiger partial charge in [-0.3, -0.25) is 9.59 Å². The summed E-state index contributed by atoms with van der Waals surface area (Å²) < 4.78 is 0. The number of benzene rings is 2. The highest BCUT2D eigenvalue weighted by atomic mass is 35.5. The average Bonchev–Trinajstić information content (AvgIpc) is 3.26. The van der Waals surface area contributed by atoms with Crippen LogP contribution >= 0.6 is 22.9 Å². The third kappa shape index (κ3) is 5.65. The van der Waals surface area contributed by atoms with Crippen LogP contribution in [0.1, 0.15) is 30.5 Å². The molecule has 1 fully saturated rings. The molecule has 5 rings (SSSR count). The molecular weight excluding hydrogens is 506 g/mol. The van der Waals surface area contributed by atoms with Gasteiger partial charge in [0.2, 0.25) is 5.95 Å². The molecule has 2 amide bonds. The smallest absolute Gasteiger partial charge is 0.255 e. The molecule has 2 aromatic heterocycles. The second kappa shape index (κ2) is 10.7. The van der Waals surface area contributed by atoms with E-state index in [0.717, 1.165) is 32.3 Å². The highest BCUT2D eigenvalue weighted by Gasteiger charge is 2.26. The van der Waals surface area contributed by atoms with Crippen molar-refractivity contribution < 1.29 is 9.59 Å². The fourth-order valence-electron chi connectivity index (χ4n) is 4.33. The normalized spacial score (nSPS) is 13.5. The molecule has 9 heteroatoms. The Morgan fingerprint density at radius 2 is 1.54 bits per heavy atom. The van der Waals surface area contributed by atoms with E-state index in [4.69, 9.17) is 11.6 Å². The van der Waals surface area contributed by atoms with Crippen molar-refractivity contribution >= 4 is 46.4 Å². The predicted octanol–water partition coefficient (Wildman–Crippen LogP) is 5.82. The zero-order chi connectivity index (χ0) is 25.9. The molecule has 37 heavy (non-hydrogen) atoms. The van der Waals surface area contributed by atoms with E-state index < -0.39 is 0 Å². The van der Waals surface area contributed by atoms with Crippen molar-refractivity contribution in [2.24, 2.45) is 0 Å². The Labute approximate surface area is 224 Å². The maximum Gasteiger partial charge on any atom is 0.255 e. The fraction of sp³-hybridized carbons (Fsp3) is 0.214. The summed E-state index contributed by atoms with van der Waals surface area (Å²) in [6, 6.07) is 18.5. The number of nitrogens with one attached hydrogen (secondary N) is 1. The Balaban J connectivity index is 1.19. The molecule has 7 nitrogen and oxygen atoms in total. The molecule has 0 spiro atoms. The number of hydrogen-bond donors (Lipinski definition) is 1. The van der Waals surface area contributed by atoms with Crippen molar-refractivity contribution in [1.29, 1.82) is 0 Å². The van der Waals surface area contributed by atoms with Gasteiger partial charge in [0, 0.05) is 64.0 Å². The molecule has 0 saturated carbocycles. The van der Waals surface area contributed by atoms with Gasteiger partial charge in [0.05, 0.1) is 11.3 Å². The third-order valence-electron chi connectivity index (χ3n) is 6.31. The molecule has 3 heterocycles. The van der Waals surface area contributed by atoms with Crippen molar-refractivity contribution in [3.05, 3.63) is 92.8 Å². The summed E-state index contributed by atoms with van der Waals surface area (Å²) in [7, 11) is 0. The number of piperazine rings is 1. The molecular formula is C28H26ClN5O2S. The summed E-state index contributed by atoms with van der Waals surface area (Å²) >= 11 is 7.62. The number of carbonyl (C=O) groups is 2. The Morgan fingerprint density at radius 3 is 2.16 bits per heavy atom. The number of anilines is 2. The van der Waals surface area contributed by atoms with E-state index in [9.17, 15) is 9.59 Å². The lowest BCUT2D eigenvalue weighted by Gasteiger charge is -2.34. The summed E-state index contributed by atoms with van der Waals surface area (Å²) in [5.41, 5.74) is 3.88. The summed E-state index contributed by atoms with van der Waals surface area (Å²) in [5.74, 6) is 0.470. The van der Waals surface area contributed by atoms with E-state index in [1.54, 1.807) is 34.6 Å². The number of aryl methyl sites for hydroxylation is 2. The van der Waals surface area contributed by atoms with Crippen molar-refractivity contribution in [3.8, 4) is 11.3 Å². The third-order valence-corrected chi connectivity index (χ3v) is 7.53. The van der Waals surface area contributed by atoms with Crippen molar-refractivity contribution in [2.45, 2.75) is 13.8 Å². The van der Waals surface area contributed by atoms with Gasteiger partial charge < -0.3 is 15.1 Å². The monoisotopic (exact) mass is 531 g/mol. The van der Waals surface area contributed by atoms with Gasteiger partial charge in [0.15, 0.2) is 0 Å². The van der Waals surface area contributed by atoms with Crippen LogP contribution in [0, 0.1) is 13.8 Å². The summed E-state index contributed by atoms with van der Waals surface area (Å²) in [4.78, 5) is 40.6. The number of rotatable bonds is 5. The van der Waals surface area contributed by atoms with Gasteiger partial charge in [-0.2, -0.15) is 0 Å². The van der Waals surface area contributed by atoms with E-state index >= 15 is 0 Å². The molecule has 0 unspecified atom stereocenters. The molecule has 4 aromatic rings. The van der Waals surface area contributed by atoms with Gasteiger partial charge in [-0.15, -0.1) is 11.3 Å². The SMILES string of the molecule is Cc1cc(C(=O)N2CCN(C(=O)c3ccc(Nc4nccc(-c5ccc(Cl)cc5)n4)cc3)CC2)c(C)s1. The van der Waals surface area contributed by atoms with Crippen LogP contribution in [0.4, 0.5) is 11.6 Å². The van der Waals surface area contributed by atoms with Crippen molar-refractivity contribution in [2.75, 3.05) is 31.5 Å². The highest BCUT2D eigenvalue weighted by molar-refractivity contribution is 7.12. The predicted molar refractivity (Wildman–Crippen MR) is 148 cm³/mol. The molecule has 1 aliphatic heterocycles. The largest absolute Gasteiger partial charge is 0.335 e. The second-order valence-electron chi connectivity index (χ2n) is 8.89. The van der Waals surface area contributed by atoms with E-state index in [-0.39, 0.29) is 11.8 Å². The van der Waals surface area contributed by atoms with Crippen molar-refractivity contribution in [3.63, 3.8) is 0 Å². The van der Waals surface area contributed by atoms with Gasteiger partial charge in [0.1, 0.15) is 0 Å². The standard InChI is InChI=1S/C28H26ClN5O2S/c1-18-17-24(19(2)37-18)27(36)34-15-13-33(14-16-34)26(35)21-5-9-23(10-6-21)31-28-30-12-11-25(32-28)20-3-7-22(29)8-4-20/h3-12,17H,13-16H2,1-2H3,(H,30,31,32). The number of nitrogens with zero attached hydrogens (tertiary/aromatic N) is 4. The average molecular weight is 532 g/mol. The summed E-state index contributed by atoms with van der Waals surface area (Å²) in [5, 5.41) is 3.87. The van der Waals surface area contributed by atoms with E-state index in [1.165, 1.54) is 0 Å². The summed E-state index contributed by atoms with van der Waals surface area (Å²) in [6.07, 6.45) is 1.70. The first-order valence-corrected chi connectivity index (χ1v) is 13.2. The molecule has 0 radical (unpaired) electrons. The number of amides is 2.